The van der Waals surface area contributed by atoms with Crippen molar-refractivity contribution in [2.45, 2.75) is 6.43 Å². The van der Waals surface area contributed by atoms with Gasteiger partial charge in [-0.1, -0.05) is 30.3 Å². The minimum absolute atomic E-state index is 0.118. The quantitative estimate of drug-likeness (QED) is 0.686. The number of hydrogen-bond donors (Lipinski definition) is 0. The fourth-order valence-corrected chi connectivity index (χ4v) is 2.34. The summed E-state index contributed by atoms with van der Waals surface area (Å²) in [6.07, 6.45) is -2.41. The van der Waals surface area contributed by atoms with Crippen LogP contribution in [0.5, 0.6) is 0 Å². The second-order valence-electron chi connectivity index (χ2n) is 2.99. The van der Waals surface area contributed by atoms with Gasteiger partial charge in [0.15, 0.2) is 0 Å². The predicted octanol–water partition coefficient (Wildman–Crippen LogP) is 4.38. The minimum Gasteiger partial charge on any atom is -0.205 e. The van der Waals surface area contributed by atoms with Crippen LogP contribution in [0.1, 0.15) is 12.0 Å². The summed E-state index contributed by atoms with van der Waals surface area (Å²) in [7, 11) is 0. The van der Waals surface area contributed by atoms with Gasteiger partial charge in [0.1, 0.15) is 0 Å². The van der Waals surface area contributed by atoms with Crippen LogP contribution in [0.25, 0.3) is 10.8 Å². The van der Waals surface area contributed by atoms with Crippen molar-refractivity contribution in [3.63, 3.8) is 0 Å². The molecule has 0 N–H and O–H groups in total. The first-order chi connectivity index (χ1) is 6.70. The SMILES string of the molecule is FC(F)c1cccc2cccc(I)c12. The van der Waals surface area contributed by atoms with Gasteiger partial charge in [-0.25, -0.2) is 8.78 Å². The highest BCUT2D eigenvalue weighted by atomic mass is 127. The Bertz CT molecular complexity index is 461. The van der Waals surface area contributed by atoms with Gasteiger partial charge < -0.3 is 0 Å². The summed E-state index contributed by atoms with van der Waals surface area (Å²) in [5.41, 5.74) is 0.118. The van der Waals surface area contributed by atoms with E-state index in [1.54, 1.807) is 6.07 Å². The zero-order chi connectivity index (χ0) is 10.1. The maximum Gasteiger partial charge on any atom is 0.264 e. The van der Waals surface area contributed by atoms with Crippen molar-refractivity contribution in [1.29, 1.82) is 0 Å². The summed E-state index contributed by atoms with van der Waals surface area (Å²) in [6.45, 7) is 0. The summed E-state index contributed by atoms with van der Waals surface area (Å²) in [4.78, 5) is 0. The average molecular weight is 304 g/mol. The number of fused-ring (bicyclic) bond motifs is 1. The standard InChI is InChI=1S/C11H7F2I/c12-11(13)8-5-1-3-7-4-2-6-9(14)10(7)8/h1-6,11H. The molecule has 72 valence electrons. The molecule has 0 bridgehead atoms. The van der Waals surface area contributed by atoms with Crippen molar-refractivity contribution in [2.24, 2.45) is 0 Å². The zero-order valence-electron chi connectivity index (χ0n) is 7.18. The molecule has 2 aromatic rings. The van der Waals surface area contributed by atoms with Crippen LogP contribution in [0.15, 0.2) is 36.4 Å². The van der Waals surface area contributed by atoms with Crippen LogP contribution in [-0.2, 0) is 0 Å². The predicted molar refractivity (Wildman–Crippen MR) is 61.6 cm³/mol. The molecule has 0 aromatic heterocycles. The van der Waals surface area contributed by atoms with Crippen molar-refractivity contribution in [1.82, 2.24) is 0 Å². The number of hydrogen-bond acceptors (Lipinski definition) is 0. The van der Waals surface area contributed by atoms with E-state index in [-0.39, 0.29) is 5.56 Å². The van der Waals surface area contributed by atoms with Crippen LogP contribution in [0.4, 0.5) is 8.78 Å². The van der Waals surface area contributed by atoms with Gasteiger partial charge in [0.2, 0.25) is 0 Å². The van der Waals surface area contributed by atoms with E-state index in [4.69, 9.17) is 0 Å². The summed E-state index contributed by atoms with van der Waals surface area (Å²) in [6, 6.07) is 10.6. The number of benzene rings is 2. The van der Waals surface area contributed by atoms with E-state index in [0.29, 0.717) is 5.39 Å². The molecule has 0 heterocycles. The van der Waals surface area contributed by atoms with Crippen LogP contribution in [0.3, 0.4) is 0 Å². The first-order valence-corrected chi connectivity index (χ1v) is 5.23. The van der Waals surface area contributed by atoms with Crippen molar-refractivity contribution < 1.29 is 8.78 Å². The lowest BCUT2D eigenvalue weighted by Crippen LogP contribution is -1.88. The first kappa shape index (κ1) is 9.83. The molecule has 0 radical (unpaired) electrons. The Balaban J connectivity index is 2.84. The smallest absolute Gasteiger partial charge is 0.205 e. The van der Waals surface area contributed by atoms with E-state index in [1.807, 2.05) is 24.3 Å². The van der Waals surface area contributed by atoms with Gasteiger partial charge in [-0.2, -0.15) is 0 Å². The monoisotopic (exact) mass is 304 g/mol. The van der Waals surface area contributed by atoms with Crippen molar-refractivity contribution >= 4 is 33.4 Å². The van der Waals surface area contributed by atoms with Crippen molar-refractivity contribution in [2.75, 3.05) is 0 Å². The molecule has 0 atom stereocenters. The van der Waals surface area contributed by atoms with Gasteiger partial charge in [0.05, 0.1) is 0 Å². The van der Waals surface area contributed by atoms with E-state index in [2.05, 4.69) is 22.6 Å². The lowest BCUT2D eigenvalue weighted by Gasteiger charge is -2.06. The molecule has 0 nitrogen and oxygen atoms in total. The highest BCUT2D eigenvalue weighted by Gasteiger charge is 2.12. The lowest BCUT2D eigenvalue weighted by atomic mass is 10.1. The molecule has 0 unspecified atom stereocenters. The summed E-state index contributed by atoms with van der Waals surface area (Å²) in [5.74, 6) is 0. The average Bonchev–Trinajstić information content (AvgIpc) is 2.17. The van der Waals surface area contributed by atoms with E-state index in [1.165, 1.54) is 6.07 Å². The molecule has 0 spiro atoms. The van der Waals surface area contributed by atoms with Gasteiger partial charge in [0, 0.05) is 14.5 Å². The fourth-order valence-electron chi connectivity index (χ4n) is 1.50. The third kappa shape index (κ3) is 1.61. The summed E-state index contributed by atoms with van der Waals surface area (Å²) < 4.78 is 26.2. The van der Waals surface area contributed by atoms with Crippen LogP contribution in [0, 0.1) is 3.57 Å². The van der Waals surface area contributed by atoms with E-state index >= 15 is 0 Å². The van der Waals surface area contributed by atoms with Gasteiger partial charge >= 0.3 is 0 Å². The second kappa shape index (κ2) is 3.81. The fraction of sp³-hybridized carbons (Fsp3) is 0.0909. The molecule has 0 amide bonds. The van der Waals surface area contributed by atoms with Crippen molar-refractivity contribution in [3.05, 3.63) is 45.5 Å². The van der Waals surface area contributed by atoms with E-state index in [0.717, 1.165) is 8.96 Å². The Hall–Kier alpha value is -0.710. The Morgan fingerprint density at radius 3 is 2.29 bits per heavy atom. The molecule has 2 rings (SSSR count). The van der Waals surface area contributed by atoms with Crippen LogP contribution >= 0.6 is 22.6 Å². The number of halogens is 3. The highest BCUT2D eigenvalue weighted by Crippen LogP contribution is 2.30. The molecule has 2 aromatic carbocycles. The normalized spacial score (nSPS) is 11.1. The van der Waals surface area contributed by atoms with Crippen molar-refractivity contribution in [3.8, 4) is 0 Å². The Labute approximate surface area is 94.1 Å². The lowest BCUT2D eigenvalue weighted by molar-refractivity contribution is 0.153. The number of rotatable bonds is 1. The third-order valence-corrected chi connectivity index (χ3v) is 3.02. The topological polar surface area (TPSA) is 0 Å². The highest BCUT2D eigenvalue weighted by molar-refractivity contribution is 14.1. The maximum absolute atomic E-state index is 12.7. The van der Waals surface area contributed by atoms with Gasteiger partial charge in [-0.05, 0) is 34.0 Å². The minimum atomic E-state index is -2.41. The summed E-state index contributed by atoms with van der Waals surface area (Å²) in [5, 5.41) is 1.54. The Morgan fingerprint density at radius 1 is 1.00 bits per heavy atom. The van der Waals surface area contributed by atoms with Crippen LogP contribution in [0.2, 0.25) is 0 Å². The van der Waals surface area contributed by atoms with Gasteiger partial charge in [-0.15, -0.1) is 0 Å². The number of alkyl halides is 2. The molecular formula is C11H7F2I. The van der Waals surface area contributed by atoms with E-state index < -0.39 is 6.43 Å². The second-order valence-corrected chi connectivity index (χ2v) is 4.15. The Morgan fingerprint density at radius 2 is 1.64 bits per heavy atom. The van der Waals surface area contributed by atoms with Crippen LogP contribution in [-0.4, -0.2) is 0 Å². The van der Waals surface area contributed by atoms with Gasteiger partial charge in [0.25, 0.3) is 6.43 Å². The molecule has 0 saturated heterocycles. The molecule has 0 saturated carbocycles. The Kier molecular flexibility index (Phi) is 2.67. The third-order valence-electron chi connectivity index (χ3n) is 2.12. The zero-order valence-corrected chi connectivity index (χ0v) is 9.33. The molecular weight excluding hydrogens is 297 g/mol. The molecule has 0 aliphatic carbocycles. The largest absolute Gasteiger partial charge is 0.264 e. The molecule has 14 heavy (non-hydrogen) atoms. The molecule has 0 aliphatic rings. The molecule has 0 fully saturated rings. The first-order valence-electron chi connectivity index (χ1n) is 4.15. The van der Waals surface area contributed by atoms with Gasteiger partial charge in [-0.3, -0.25) is 0 Å². The molecule has 0 aliphatic heterocycles. The van der Waals surface area contributed by atoms with E-state index in [9.17, 15) is 8.78 Å². The summed E-state index contributed by atoms with van der Waals surface area (Å²) >= 11 is 2.08. The molecule has 3 heteroatoms. The van der Waals surface area contributed by atoms with Crippen LogP contribution < -0.4 is 0 Å². The maximum atomic E-state index is 12.7.